The van der Waals surface area contributed by atoms with Gasteiger partial charge in [0.2, 0.25) is 5.91 Å². The van der Waals surface area contributed by atoms with E-state index in [0.29, 0.717) is 26.2 Å². The SMILES string of the molecule is CCCCCNC(=O)C1CCN(C(=O)C2CNCCO2)CC1.Cl. The number of morpholine rings is 1. The zero-order valence-corrected chi connectivity index (χ0v) is 14.8. The van der Waals surface area contributed by atoms with Gasteiger partial charge < -0.3 is 20.3 Å². The van der Waals surface area contributed by atoms with Crippen molar-refractivity contribution in [3.63, 3.8) is 0 Å². The van der Waals surface area contributed by atoms with Crippen LogP contribution in [-0.2, 0) is 14.3 Å². The van der Waals surface area contributed by atoms with Crippen molar-refractivity contribution in [2.75, 3.05) is 39.3 Å². The lowest BCUT2D eigenvalue weighted by atomic mass is 9.95. The van der Waals surface area contributed by atoms with E-state index >= 15 is 0 Å². The van der Waals surface area contributed by atoms with Crippen molar-refractivity contribution in [3.05, 3.63) is 0 Å². The predicted molar refractivity (Wildman–Crippen MR) is 91.7 cm³/mol. The summed E-state index contributed by atoms with van der Waals surface area (Å²) in [6, 6.07) is 0. The van der Waals surface area contributed by atoms with Gasteiger partial charge in [-0.15, -0.1) is 12.4 Å². The average molecular weight is 348 g/mol. The molecule has 2 amide bonds. The first-order chi connectivity index (χ1) is 10.7. The van der Waals surface area contributed by atoms with Gasteiger partial charge in [0.25, 0.3) is 5.91 Å². The number of carbonyl (C=O) groups excluding carboxylic acids is 2. The lowest BCUT2D eigenvalue weighted by Crippen LogP contribution is -2.52. The summed E-state index contributed by atoms with van der Waals surface area (Å²) in [5.41, 5.74) is 0. The minimum absolute atomic E-state index is 0. The fraction of sp³-hybridized carbons (Fsp3) is 0.875. The second-order valence-corrected chi connectivity index (χ2v) is 6.16. The molecule has 23 heavy (non-hydrogen) atoms. The van der Waals surface area contributed by atoms with Gasteiger partial charge in [0, 0.05) is 38.6 Å². The highest BCUT2D eigenvalue weighted by atomic mass is 35.5. The molecule has 2 saturated heterocycles. The normalized spacial score (nSPS) is 22.3. The molecule has 0 aromatic heterocycles. The second kappa shape index (κ2) is 10.8. The highest BCUT2D eigenvalue weighted by Gasteiger charge is 2.31. The Labute approximate surface area is 145 Å². The van der Waals surface area contributed by atoms with Gasteiger partial charge in [-0.3, -0.25) is 9.59 Å². The number of nitrogens with one attached hydrogen (secondary N) is 2. The van der Waals surface area contributed by atoms with Crippen LogP contribution < -0.4 is 10.6 Å². The van der Waals surface area contributed by atoms with Crippen LogP contribution in [0.5, 0.6) is 0 Å². The summed E-state index contributed by atoms with van der Waals surface area (Å²) in [5, 5.41) is 6.20. The number of likely N-dealkylation sites (tertiary alicyclic amines) is 1. The summed E-state index contributed by atoms with van der Waals surface area (Å²) in [7, 11) is 0. The van der Waals surface area contributed by atoms with Gasteiger partial charge in [-0.2, -0.15) is 0 Å². The smallest absolute Gasteiger partial charge is 0.253 e. The minimum Gasteiger partial charge on any atom is -0.366 e. The maximum absolute atomic E-state index is 12.3. The monoisotopic (exact) mass is 347 g/mol. The van der Waals surface area contributed by atoms with Gasteiger partial charge in [-0.1, -0.05) is 19.8 Å². The number of halogens is 1. The molecule has 0 saturated carbocycles. The maximum Gasteiger partial charge on any atom is 0.253 e. The highest BCUT2D eigenvalue weighted by molar-refractivity contribution is 5.85. The fourth-order valence-electron chi connectivity index (χ4n) is 3.02. The topological polar surface area (TPSA) is 70.7 Å². The molecular formula is C16H30ClN3O3. The molecule has 6 nitrogen and oxygen atoms in total. The van der Waals surface area contributed by atoms with Crippen molar-refractivity contribution < 1.29 is 14.3 Å². The number of rotatable bonds is 6. The van der Waals surface area contributed by atoms with Crippen LogP contribution in [0.4, 0.5) is 0 Å². The van der Waals surface area contributed by atoms with Crippen LogP contribution in [0.15, 0.2) is 0 Å². The zero-order valence-electron chi connectivity index (χ0n) is 14.0. The molecule has 0 spiro atoms. The maximum atomic E-state index is 12.3. The molecule has 2 aliphatic heterocycles. The van der Waals surface area contributed by atoms with Crippen LogP contribution in [-0.4, -0.2) is 62.1 Å². The van der Waals surface area contributed by atoms with E-state index in [-0.39, 0.29) is 36.2 Å². The Kier molecular flexibility index (Phi) is 9.52. The van der Waals surface area contributed by atoms with E-state index in [1.807, 2.05) is 4.90 Å². The Morgan fingerprint density at radius 1 is 1.26 bits per heavy atom. The number of unbranched alkanes of at least 4 members (excludes halogenated alkanes) is 2. The van der Waals surface area contributed by atoms with Gasteiger partial charge in [0.1, 0.15) is 6.10 Å². The summed E-state index contributed by atoms with van der Waals surface area (Å²) in [5.74, 6) is 0.267. The Hall–Kier alpha value is -0.850. The van der Waals surface area contributed by atoms with Crippen LogP contribution in [0.3, 0.4) is 0 Å². The molecule has 7 heteroatoms. The fourth-order valence-corrected chi connectivity index (χ4v) is 3.02. The van der Waals surface area contributed by atoms with Crippen LogP contribution in [0, 0.1) is 5.92 Å². The molecule has 2 N–H and O–H groups in total. The van der Waals surface area contributed by atoms with Crippen LogP contribution in [0.1, 0.15) is 39.0 Å². The molecule has 2 heterocycles. The van der Waals surface area contributed by atoms with Gasteiger partial charge in [0.05, 0.1) is 6.61 Å². The first-order valence-corrected chi connectivity index (χ1v) is 8.61. The van der Waals surface area contributed by atoms with Gasteiger partial charge in [-0.05, 0) is 19.3 Å². The summed E-state index contributed by atoms with van der Waals surface area (Å²) < 4.78 is 5.51. The van der Waals surface area contributed by atoms with Crippen LogP contribution >= 0.6 is 12.4 Å². The first-order valence-electron chi connectivity index (χ1n) is 8.61. The average Bonchev–Trinajstić information content (AvgIpc) is 2.59. The molecule has 2 rings (SSSR count). The molecule has 1 unspecified atom stereocenters. The summed E-state index contributed by atoms with van der Waals surface area (Å²) in [6.07, 6.45) is 4.52. The number of ether oxygens (including phenoxy) is 1. The summed E-state index contributed by atoms with van der Waals surface area (Å²) in [6.45, 7) is 6.23. The number of carbonyl (C=O) groups is 2. The zero-order chi connectivity index (χ0) is 15.8. The van der Waals surface area contributed by atoms with E-state index in [9.17, 15) is 9.59 Å². The lowest BCUT2D eigenvalue weighted by Gasteiger charge is -2.34. The first kappa shape index (κ1) is 20.2. The van der Waals surface area contributed by atoms with Crippen LogP contribution in [0.25, 0.3) is 0 Å². The van der Waals surface area contributed by atoms with Crippen molar-refractivity contribution in [2.24, 2.45) is 5.92 Å². The van der Waals surface area contributed by atoms with E-state index in [1.54, 1.807) is 0 Å². The molecule has 0 aromatic carbocycles. The molecule has 2 fully saturated rings. The van der Waals surface area contributed by atoms with Gasteiger partial charge in [-0.25, -0.2) is 0 Å². The van der Waals surface area contributed by atoms with Gasteiger partial charge in [0.15, 0.2) is 0 Å². The standard InChI is InChI=1S/C16H29N3O3.ClH/c1-2-3-4-7-18-15(20)13-5-9-19(10-6-13)16(21)14-12-17-8-11-22-14;/h13-14,17H,2-12H2,1H3,(H,18,20);1H. The van der Waals surface area contributed by atoms with Crippen molar-refractivity contribution in [3.8, 4) is 0 Å². The van der Waals surface area contributed by atoms with Crippen molar-refractivity contribution in [2.45, 2.75) is 45.1 Å². The van der Waals surface area contributed by atoms with Crippen molar-refractivity contribution in [1.29, 1.82) is 0 Å². The number of hydrogen-bond acceptors (Lipinski definition) is 4. The highest BCUT2D eigenvalue weighted by Crippen LogP contribution is 2.18. The Bertz CT molecular complexity index is 368. The quantitative estimate of drug-likeness (QED) is 0.702. The Morgan fingerprint density at radius 3 is 2.61 bits per heavy atom. The molecule has 0 bridgehead atoms. The Balaban J connectivity index is 0.00000264. The third kappa shape index (κ3) is 6.28. The summed E-state index contributed by atoms with van der Waals surface area (Å²) >= 11 is 0. The minimum atomic E-state index is -0.354. The van der Waals surface area contributed by atoms with Crippen LogP contribution in [0.2, 0.25) is 0 Å². The lowest BCUT2D eigenvalue weighted by molar-refractivity contribution is -0.147. The molecule has 0 aromatic rings. The summed E-state index contributed by atoms with van der Waals surface area (Å²) in [4.78, 5) is 26.3. The predicted octanol–water partition coefficient (Wildman–Crippen LogP) is 0.942. The second-order valence-electron chi connectivity index (χ2n) is 6.16. The molecule has 0 aliphatic carbocycles. The van der Waals surface area contributed by atoms with E-state index in [0.717, 1.165) is 45.2 Å². The van der Waals surface area contributed by atoms with Crippen molar-refractivity contribution in [1.82, 2.24) is 15.5 Å². The molecule has 1 atom stereocenters. The molecular weight excluding hydrogens is 318 g/mol. The van der Waals surface area contributed by atoms with Crippen molar-refractivity contribution >= 4 is 24.2 Å². The molecule has 0 radical (unpaired) electrons. The number of piperidine rings is 1. The van der Waals surface area contributed by atoms with Gasteiger partial charge >= 0.3 is 0 Å². The molecule has 2 aliphatic rings. The van der Waals surface area contributed by atoms with E-state index in [4.69, 9.17) is 4.74 Å². The number of nitrogens with zero attached hydrogens (tertiary/aromatic N) is 1. The van der Waals surface area contributed by atoms with E-state index < -0.39 is 0 Å². The molecule has 134 valence electrons. The number of amides is 2. The largest absolute Gasteiger partial charge is 0.366 e. The number of hydrogen-bond donors (Lipinski definition) is 2. The Morgan fingerprint density at radius 2 is 2.00 bits per heavy atom. The van der Waals surface area contributed by atoms with E-state index in [1.165, 1.54) is 0 Å². The third-order valence-electron chi connectivity index (χ3n) is 4.46. The third-order valence-corrected chi connectivity index (χ3v) is 4.46. The van der Waals surface area contributed by atoms with E-state index in [2.05, 4.69) is 17.6 Å².